The van der Waals surface area contributed by atoms with E-state index in [9.17, 15) is 4.39 Å². The molecule has 33 heavy (non-hydrogen) atoms. The molecular weight excluding hydrogens is 421 g/mol. The highest BCUT2D eigenvalue weighted by Gasteiger charge is 2.27. The van der Waals surface area contributed by atoms with E-state index in [0.717, 1.165) is 41.7 Å². The normalized spacial score (nSPS) is 15.8. The number of aromatic nitrogens is 6. The lowest BCUT2D eigenvalue weighted by Gasteiger charge is -2.34. The van der Waals surface area contributed by atoms with Crippen molar-refractivity contribution in [2.45, 2.75) is 32.9 Å². The quantitative estimate of drug-likeness (QED) is 0.453. The molecule has 0 spiro atoms. The maximum atomic E-state index is 13.4. The summed E-state index contributed by atoms with van der Waals surface area (Å²) in [6.07, 6.45) is 8.27. The minimum atomic E-state index is -0.259. The highest BCUT2D eigenvalue weighted by molar-refractivity contribution is 5.67. The van der Waals surface area contributed by atoms with Crippen LogP contribution in [0.25, 0.3) is 17.8 Å². The zero-order valence-corrected chi connectivity index (χ0v) is 18.7. The third-order valence-electron chi connectivity index (χ3n) is 5.64. The maximum Gasteiger partial charge on any atom is 0.238 e. The van der Waals surface area contributed by atoms with Gasteiger partial charge in [0, 0.05) is 24.5 Å². The van der Waals surface area contributed by atoms with Crippen LogP contribution in [-0.4, -0.2) is 42.5 Å². The van der Waals surface area contributed by atoms with Crippen LogP contribution in [0.3, 0.4) is 0 Å². The number of fused-ring (bicyclic) bond motifs is 1. The Hall–Kier alpha value is -4.01. The summed E-state index contributed by atoms with van der Waals surface area (Å²) in [5.74, 6) is 1.58. The van der Waals surface area contributed by atoms with Crippen LogP contribution >= 0.6 is 0 Å². The Morgan fingerprint density at radius 2 is 1.91 bits per heavy atom. The Morgan fingerprint density at radius 1 is 1.09 bits per heavy atom. The van der Waals surface area contributed by atoms with Gasteiger partial charge in [-0.25, -0.2) is 19.0 Å². The minimum Gasteiger partial charge on any atom is -0.479 e. The molecule has 0 saturated heterocycles. The standard InChI is InChI=1S/C24H24FN7O/c1-16-14-30(15-26-16)21-10-6-19(27-23(21)33-3)7-11-22-28-24-31(29-22)13-12-17(2)32(24)20-8-4-18(25)5-9-20/h4-11,14-15,17H,12-13H2,1-3H3/b11-7+/t17-/m0/s1. The van der Waals surface area contributed by atoms with Crippen molar-refractivity contribution in [3.63, 3.8) is 0 Å². The molecule has 0 radical (unpaired) electrons. The molecule has 1 aliphatic heterocycles. The number of hydrogen-bond donors (Lipinski definition) is 0. The summed E-state index contributed by atoms with van der Waals surface area (Å²) >= 11 is 0. The number of benzene rings is 1. The van der Waals surface area contributed by atoms with Gasteiger partial charge in [-0.05, 0) is 68.8 Å². The average molecular weight is 446 g/mol. The summed E-state index contributed by atoms with van der Waals surface area (Å²) in [6, 6.07) is 10.5. The summed E-state index contributed by atoms with van der Waals surface area (Å²) in [6.45, 7) is 4.85. The lowest BCUT2D eigenvalue weighted by molar-refractivity contribution is 0.395. The first-order valence-corrected chi connectivity index (χ1v) is 10.8. The fourth-order valence-electron chi connectivity index (χ4n) is 3.96. The third kappa shape index (κ3) is 4.09. The van der Waals surface area contributed by atoms with Crippen LogP contribution in [0.2, 0.25) is 0 Å². The van der Waals surface area contributed by atoms with Crippen molar-refractivity contribution < 1.29 is 9.13 Å². The van der Waals surface area contributed by atoms with E-state index in [-0.39, 0.29) is 11.9 Å². The largest absolute Gasteiger partial charge is 0.479 e. The number of anilines is 2. The molecule has 9 heteroatoms. The summed E-state index contributed by atoms with van der Waals surface area (Å²) in [5, 5.41) is 4.64. The first-order chi connectivity index (χ1) is 16.0. The molecule has 4 aromatic rings. The molecule has 1 aliphatic rings. The number of ether oxygens (including phenoxy) is 1. The fraction of sp³-hybridized carbons (Fsp3) is 0.250. The van der Waals surface area contributed by atoms with E-state index in [4.69, 9.17) is 9.72 Å². The second kappa shape index (κ2) is 8.50. The van der Waals surface area contributed by atoms with Crippen LogP contribution in [0.1, 0.15) is 30.6 Å². The average Bonchev–Trinajstić information content (AvgIpc) is 3.44. The van der Waals surface area contributed by atoms with E-state index in [0.29, 0.717) is 11.7 Å². The molecule has 0 fully saturated rings. The van der Waals surface area contributed by atoms with Gasteiger partial charge in [0.05, 0.1) is 24.8 Å². The van der Waals surface area contributed by atoms with Gasteiger partial charge < -0.3 is 14.2 Å². The molecule has 0 unspecified atom stereocenters. The Morgan fingerprint density at radius 3 is 2.64 bits per heavy atom. The fourth-order valence-corrected chi connectivity index (χ4v) is 3.96. The summed E-state index contributed by atoms with van der Waals surface area (Å²) in [7, 11) is 1.60. The van der Waals surface area contributed by atoms with Gasteiger partial charge in [0.15, 0.2) is 5.82 Å². The van der Waals surface area contributed by atoms with Gasteiger partial charge in [-0.1, -0.05) is 0 Å². The van der Waals surface area contributed by atoms with Crippen molar-refractivity contribution in [3.05, 3.63) is 72.0 Å². The monoisotopic (exact) mass is 445 g/mol. The molecule has 0 saturated carbocycles. The number of rotatable bonds is 5. The Labute approximate surface area is 191 Å². The van der Waals surface area contributed by atoms with Crippen molar-refractivity contribution >= 4 is 23.8 Å². The van der Waals surface area contributed by atoms with Crippen LogP contribution in [0.5, 0.6) is 5.88 Å². The van der Waals surface area contributed by atoms with E-state index in [1.54, 1.807) is 25.6 Å². The predicted octanol–water partition coefficient (Wildman–Crippen LogP) is 4.42. The second-order valence-electron chi connectivity index (χ2n) is 8.00. The minimum absolute atomic E-state index is 0.231. The van der Waals surface area contributed by atoms with Crippen LogP contribution in [0.15, 0.2) is 48.9 Å². The molecule has 0 N–H and O–H groups in total. The lowest BCUT2D eigenvalue weighted by atomic mass is 10.1. The Bertz CT molecular complexity index is 1310. The molecule has 1 aromatic carbocycles. The molecule has 4 heterocycles. The van der Waals surface area contributed by atoms with Gasteiger partial charge in [-0.2, -0.15) is 4.98 Å². The van der Waals surface area contributed by atoms with Crippen LogP contribution in [0, 0.1) is 12.7 Å². The van der Waals surface area contributed by atoms with Crippen LogP contribution in [-0.2, 0) is 6.54 Å². The highest BCUT2D eigenvalue weighted by Crippen LogP contribution is 2.32. The zero-order chi connectivity index (χ0) is 22.9. The van der Waals surface area contributed by atoms with Gasteiger partial charge >= 0.3 is 0 Å². The second-order valence-corrected chi connectivity index (χ2v) is 8.00. The topological polar surface area (TPSA) is 73.9 Å². The van der Waals surface area contributed by atoms with Gasteiger partial charge in [-0.3, -0.25) is 0 Å². The molecule has 168 valence electrons. The van der Waals surface area contributed by atoms with Gasteiger partial charge in [0.2, 0.25) is 11.8 Å². The van der Waals surface area contributed by atoms with Crippen LogP contribution < -0.4 is 9.64 Å². The molecule has 8 nitrogen and oxygen atoms in total. The number of imidazole rings is 1. The SMILES string of the molecule is COc1nc(/C=C/c2nc3n(n2)CC[C@H](C)N3c2ccc(F)cc2)ccc1-n1cnc(C)c1. The first-order valence-electron chi connectivity index (χ1n) is 10.8. The zero-order valence-electron chi connectivity index (χ0n) is 18.7. The molecule has 5 rings (SSSR count). The number of methoxy groups -OCH3 is 1. The molecule has 1 atom stereocenters. The number of halogens is 1. The Balaban J connectivity index is 1.42. The molecule has 0 amide bonds. The molecule has 3 aromatic heterocycles. The smallest absolute Gasteiger partial charge is 0.238 e. The van der Waals surface area contributed by atoms with Crippen LogP contribution in [0.4, 0.5) is 16.0 Å². The van der Waals surface area contributed by atoms with E-state index >= 15 is 0 Å². The maximum absolute atomic E-state index is 13.4. The predicted molar refractivity (Wildman–Crippen MR) is 124 cm³/mol. The van der Waals surface area contributed by atoms with Crippen molar-refractivity contribution in [2.24, 2.45) is 0 Å². The molecule has 0 aliphatic carbocycles. The van der Waals surface area contributed by atoms with E-state index < -0.39 is 0 Å². The first kappa shape index (κ1) is 20.9. The van der Waals surface area contributed by atoms with Crippen molar-refractivity contribution in [2.75, 3.05) is 12.0 Å². The van der Waals surface area contributed by atoms with E-state index in [1.165, 1.54) is 12.1 Å². The summed E-state index contributed by atoms with van der Waals surface area (Å²) < 4.78 is 22.7. The highest BCUT2D eigenvalue weighted by atomic mass is 19.1. The number of aryl methyl sites for hydroxylation is 2. The van der Waals surface area contributed by atoms with E-state index in [1.807, 2.05) is 46.7 Å². The van der Waals surface area contributed by atoms with E-state index in [2.05, 4.69) is 26.9 Å². The summed E-state index contributed by atoms with van der Waals surface area (Å²) in [5.41, 5.74) is 3.35. The molecule has 0 bridgehead atoms. The van der Waals surface area contributed by atoms with Gasteiger partial charge in [0.1, 0.15) is 11.5 Å². The molecular formula is C24H24FN7O. The van der Waals surface area contributed by atoms with Gasteiger partial charge in [0.25, 0.3) is 0 Å². The Kier molecular flexibility index (Phi) is 5.37. The number of pyridine rings is 1. The van der Waals surface area contributed by atoms with Crippen molar-refractivity contribution in [1.82, 2.24) is 29.3 Å². The third-order valence-corrected chi connectivity index (χ3v) is 5.64. The number of hydrogen-bond acceptors (Lipinski definition) is 6. The lowest BCUT2D eigenvalue weighted by Crippen LogP contribution is -2.36. The van der Waals surface area contributed by atoms with Crippen molar-refractivity contribution in [3.8, 4) is 11.6 Å². The van der Waals surface area contributed by atoms with Crippen molar-refractivity contribution in [1.29, 1.82) is 0 Å². The number of nitrogens with zero attached hydrogens (tertiary/aromatic N) is 7. The van der Waals surface area contributed by atoms with Gasteiger partial charge in [-0.15, -0.1) is 5.10 Å². The summed E-state index contributed by atoms with van der Waals surface area (Å²) in [4.78, 5) is 15.7.